The predicted octanol–water partition coefficient (Wildman–Crippen LogP) is 1.36. The molecule has 1 saturated heterocycles. The quantitative estimate of drug-likeness (QED) is 0.875. The molecule has 4 heteroatoms. The summed E-state index contributed by atoms with van der Waals surface area (Å²) in [7, 11) is 1.67. The second kappa shape index (κ2) is 5.40. The average Bonchev–Trinajstić information content (AvgIpc) is 2.87. The molecule has 2 N–H and O–H groups in total. The van der Waals surface area contributed by atoms with Crippen molar-refractivity contribution in [2.24, 2.45) is 5.73 Å². The van der Waals surface area contributed by atoms with Gasteiger partial charge in [-0.15, -0.1) is 0 Å². The Morgan fingerprint density at radius 2 is 2.11 bits per heavy atom. The molecule has 0 spiro atoms. The van der Waals surface area contributed by atoms with Crippen LogP contribution in [0.3, 0.4) is 0 Å². The highest BCUT2D eigenvalue weighted by Gasteiger charge is 2.29. The molecule has 1 aliphatic rings. The SMILES string of the molecule is COc1ccc([C@H]2CCN([C@H](C)C(N)=O)C2)cc1. The van der Waals surface area contributed by atoms with Gasteiger partial charge in [-0.05, 0) is 43.5 Å². The van der Waals surface area contributed by atoms with Crippen molar-refractivity contribution in [3.8, 4) is 5.75 Å². The molecule has 2 rings (SSSR count). The maximum atomic E-state index is 11.2. The Labute approximate surface area is 108 Å². The van der Waals surface area contributed by atoms with Crippen molar-refractivity contribution in [2.45, 2.75) is 25.3 Å². The molecule has 18 heavy (non-hydrogen) atoms. The zero-order chi connectivity index (χ0) is 13.1. The number of carbonyl (C=O) groups excluding carboxylic acids is 1. The van der Waals surface area contributed by atoms with Crippen molar-refractivity contribution in [3.63, 3.8) is 0 Å². The van der Waals surface area contributed by atoms with Crippen molar-refractivity contribution in [1.82, 2.24) is 4.90 Å². The van der Waals surface area contributed by atoms with Gasteiger partial charge in [0.15, 0.2) is 0 Å². The van der Waals surface area contributed by atoms with Gasteiger partial charge in [0.05, 0.1) is 13.2 Å². The maximum Gasteiger partial charge on any atom is 0.234 e. The van der Waals surface area contributed by atoms with E-state index in [1.54, 1.807) is 7.11 Å². The van der Waals surface area contributed by atoms with E-state index in [-0.39, 0.29) is 11.9 Å². The van der Waals surface area contributed by atoms with Crippen LogP contribution in [-0.2, 0) is 4.79 Å². The molecule has 1 aliphatic heterocycles. The van der Waals surface area contributed by atoms with Crippen molar-refractivity contribution >= 4 is 5.91 Å². The summed E-state index contributed by atoms with van der Waals surface area (Å²) in [6.07, 6.45) is 1.07. The number of likely N-dealkylation sites (tertiary alicyclic amines) is 1. The van der Waals surface area contributed by atoms with Gasteiger partial charge in [-0.1, -0.05) is 12.1 Å². The lowest BCUT2D eigenvalue weighted by atomic mass is 9.98. The highest BCUT2D eigenvalue weighted by atomic mass is 16.5. The summed E-state index contributed by atoms with van der Waals surface area (Å²) in [5.41, 5.74) is 6.64. The molecular weight excluding hydrogens is 228 g/mol. The molecule has 1 aromatic carbocycles. The molecule has 1 heterocycles. The first-order valence-electron chi connectivity index (χ1n) is 6.29. The Balaban J connectivity index is 2.01. The number of nitrogens with two attached hydrogens (primary N) is 1. The first kappa shape index (κ1) is 12.9. The normalized spacial score (nSPS) is 21.8. The van der Waals surface area contributed by atoms with Gasteiger partial charge >= 0.3 is 0 Å². The molecule has 2 atom stereocenters. The van der Waals surface area contributed by atoms with Gasteiger partial charge in [0.25, 0.3) is 0 Å². The molecular formula is C14H20N2O2. The van der Waals surface area contributed by atoms with Crippen molar-refractivity contribution in [3.05, 3.63) is 29.8 Å². The number of ether oxygens (including phenoxy) is 1. The molecule has 1 fully saturated rings. The molecule has 0 aliphatic carbocycles. The molecule has 0 bridgehead atoms. The average molecular weight is 248 g/mol. The maximum absolute atomic E-state index is 11.2. The van der Waals surface area contributed by atoms with Crippen LogP contribution >= 0.6 is 0 Å². The van der Waals surface area contributed by atoms with Crippen LogP contribution in [0.1, 0.15) is 24.8 Å². The number of carbonyl (C=O) groups is 1. The number of hydrogen-bond acceptors (Lipinski definition) is 3. The number of nitrogens with zero attached hydrogens (tertiary/aromatic N) is 1. The number of rotatable bonds is 4. The van der Waals surface area contributed by atoms with Crippen molar-refractivity contribution in [1.29, 1.82) is 0 Å². The van der Waals surface area contributed by atoms with E-state index < -0.39 is 0 Å². The summed E-state index contributed by atoms with van der Waals surface area (Å²) in [5.74, 6) is 1.11. The smallest absolute Gasteiger partial charge is 0.234 e. The van der Waals surface area contributed by atoms with Crippen LogP contribution in [0, 0.1) is 0 Å². The molecule has 1 aromatic rings. The van der Waals surface area contributed by atoms with E-state index in [2.05, 4.69) is 17.0 Å². The first-order valence-corrected chi connectivity index (χ1v) is 6.29. The van der Waals surface area contributed by atoms with E-state index in [4.69, 9.17) is 10.5 Å². The van der Waals surface area contributed by atoms with Crippen LogP contribution in [0.25, 0.3) is 0 Å². The van der Waals surface area contributed by atoms with E-state index in [1.807, 2.05) is 19.1 Å². The minimum atomic E-state index is -0.245. The van der Waals surface area contributed by atoms with Gasteiger partial charge < -0.3 is 10.5 Å². The summed E-state index contributed by atoms with van der Waals surface area (Å²) in [5, 5.41) is 0. The van der Waals surface area contributed by atoms with E-state index >= 15 is 0 Å². The topological polar surface area (TPSA) is 55.6 Å². The zero-order valence-electron chi connectivity index (χ0n) is 10.9. The van der Waals surface area contributed by atoms with Crippen molar-refractivity contribution in [2.75, 3.05) is 20.2 Å². The number of methoxy groups -OCH3 is 1. The highest BCUT2D eigenvalue weighted by Crippen LogP contribution is 2.29. The van der Waals surface area contributed by atoms with E-state index in [1.165, 1.54) is 5.56 Å². The van der Waals surface area contributed by atoms with Gasteiger partial charge in [0.1, 0.15) is 5.75 Å². The van der Waals surface area contributed by atoms with E-state index in [0.717, 1.165) is 25.3 Å². The second-order valence-electron chi connectivity index (χ2n) is 4.83. The molecule has 0 aromatic heterocycles. The predicted molar refractivity (Wildman–Crippen MR) is 70.6 cm³/mol. The summed E-state index contributed by atoms with van der Waals surface area (Å²) in [6, 6.07) is 7.99. The van der Waals surface area contributed by atoms with Gasteiger partial charge in [-0.3, -0.25) is 9.69 Å². The van der Waals surface area contributed by atoms with Crippen LogP contribution < -0.4 is 10.5 Å². The zero-order valence-corrected chi connectivity index (χ0v) is 10.9. The largest absolute Gasteiger partial charge is 0.497 e. The van der Waals surface area contributed by atoms with Crippen LogP contribution in [0.4, 0.5) is 0 Å². The summed E-state index contributed by atoms with van der Waals surface area (Å²) in [4.78, 5) is 13.3. The fourth-order valence-electron chi connectivity index (χ4n) is 2.47. The van der Waals surface area contributed by atoms with E-state index in [9.17, 15) is 4.79 Å². The third-order valence-electron chi connectivity index (χ3n) is 3.77. The van der Waals surface area contributed by atoms with Crippen LogP contribution in [0.5, 0.6) is 5.75 Å². The lowest BCUT2D eigenvalue weighted by Crippen LogP contribution is -2.41. The Morgan fingerprint density at radius 1 is 1.44 bits per heavy atom. The Bertz CT molecular complexity index is 416. The fraction of sp³-hybridized carbons (Fsp3) is 0.500. The monoisotopic (exact) mass is 248 g/mol. The number of amides is 1. The summed E-state index contributed by atoms with van der Waals surface area (Å²) >= 11 is 0. The van der Waals surface area contributed by atoms with Gasteiger partial charge in [0, 0.05) is 6.54 Å². The molecule has 0 saturated carbocycles. The number of benzene rings is 1. The minimum absolute atomic E-state index is 0.173. The molecule has 0 unspecified atom stereocenters. The molecule has 4 nitrogen and oxygen atoms in total. The Kier molecular flexibility index (Phi) is 3.87. The standard InChI is InChI=1S/C14H20N2O2/c1-10(14(15)17)16-8-7-12(9-16)11-3-5-13(18-2)6-4-11/h3-6,10,12H,7-9H2,1-2H3,(H2,15,17)/t10-,12+/m1/s1. The van der Waals surface area contributed by atoms with Crippen LogP contribution in [0.2, 0.25) is 0 Å². The van der Waals surface area contributed by atoms with E-state index in [0.29, 0.717) is 5.92 Å². The second-order valence-corrected chi connectivity index (χ2v) is 4.83. The molecule has 0 radical (unpaired) electrons. The molecule has 1 amide bonds. The first-order chi connectivity index (χ1) is 8.61. The van der Waals surface area contributed by atoms with Gasteiger partial charge in [-0.2, -0.15) is 0 Å². The Hall–Kier alpha value is -1.55. The number of primary amides is 1. The number of hydrogen-bond donors (Lipinski definition) is 1. The Morgan fingerprint density at radius 3 is 2.67 bits per heavy atom. The van der Waals surface area contributed by atoms with Crippen LogP contribution in [-0.4, -0.2) is 37.0 Å². The highest BCUT2D eigenvalue weighted by molar-refractivity contribution is 5.79. The fourth-order valence-corrected chi connectivity index (χ4v) is 2.47. The van der Waals surface area contributed by atoms with Crippen molar-refractivity contribution < 1.29 is 9.53 Å². The lowest BCUT2D eigenvalue weighted by Gasteiger charge is -2.21. The lowest BCUT2D eigenvalue weighted by molar-refractivity contribution is -0.122. The summed E-state index contributed by atoms with van der Waals surface area (Å²) in [6.45, 7) is 3.70. The molecule has 98 valence electrons. The van der Waals surface area contributed by atoms with Gasteiger partial charge in [0.2, 0.25) is 5.91 Å². The third kappa shape index (κ3) is 2.64. The minimum Gasteiger partial charge on any atom is -0.497 e. The third-order valence-corrected chi connectivity index (χ3v) is 3.77. The summed E-state index contributed by atoms with van der Waals surface area (Å²) < 4.78 is 5.15. The van der Waals surface area contributed by atoms with Gasteiger partial charge in [-0.25, -0.2) is 0 Å². The van der Waals surface area contributed by atoms with Crippen LogP contribution in [0.15, 0.2) is 24.3 Å².